The summed E-state index contributed by atoms with van der Waals surface area (Å²) in [4.78, 5) is 21.7. The van der Waals surface area contributed by atoms with Crippen molar-refractivity contribution in [1.82, 2.24) is 14.9 Å². The molecule has 32 heavy (non-hydrogen) atoms. The third-order valence-corrected chi connectivity index (χ3v) is 5.86. The number of nitrogens with one attached hydrogen (secondary N) is 2. The van der Waals surface area contributed by atoms with Crippen LogP contribution in [-0.4, -0.2) is 43.1 Å². The summed E-state index contributed by atoms with van der Waals surface area (Å²) in [6, 6.07) is 4.75. The van der Waals surface area contributed by atoms with Crippen LogP contribution in [-0.2, 0) is 4.79 Å². The molecule has 0 atom stereocenters. The number of nitrogens with zero attached hydrogens (tertiary/aromatic N) is 3. The summed E-state index contributed by atoms with van der Waals surface area (Å²) in [5.41, 5.74) is -0.449. The molecule has 1 fully saturated rings. The molecule has 1 aromatic heterocycles. The van der Waals surface area contributed by atoms with E-state index in [9.17, 15) is 14.3 Å². The maximum atomic E-state index is 14.5. The fourth-order valence-electron chi connectivity index (χ4n) is 4.69. The molecule has 3 N–H and O–H groups in total. The van der Waals surface area contributed by atoms with Gasteiger partial charge in [0.1, 0.15) is 5.70 Å². The molecule has 10 heteroatoms. The van der Waals surface area contributed by atoms with Crippen LogP contribution in [0.1, 0.15) is 40.5 Å². The van der Waals surface area contributed by atoms with Gasteiger partial charge >= 0.3 is 5.97 Å². The van der Waals surface area contributed by atoms with Gasteiger partial charge in [-0.15, -0.1) is 0 Å². The van der Waals surface area contributed by atoms with Gasteiger partial charge in [-0.25, -0.2) is 14.2 Å². The molecule has 3 rings (SSSR count). The highest BCUT2D eigenvalue weighted by Gasteiger charge is 2.47. The van der Waals surface area contributed by atoms with Gasteiger partial charge in [-0.05, 0) is 58.7 Å². The largest absolute Gasteiger partial charge is 0.477 e. The summed E-state index contributed by atoms with van der Waals surface area (Å²) in [5.74, 6) is -1.41. The number of benzene rings is 1. The van der Waals surface area contributed by atoms with Crippen LogP contribution in [0.15, 0.2) is 36.7 Å². The zero-order chi connectivity index (χ0) is 23.8. The molecular weight excluding hydrogens is 456 g/mol. The van der Waals surface area contributed by atoms with E-state index >= 15 is 0 Å². The highest BCUT2D eigenvalue weighted by Crippen LogP contribution is 2.42. The number of likely N-dealkylation sites (tertiary alicyclic amines) is 1. The summed E-state index contributed by atoms with van der Waals surface area (Å²) in [6.07, 6.45) is 2.19. The smallest absolute Gasteiger partial charge is 0.351 e. The molecule has 0 spiro atoms. The third-order valence-electron chi connectivity index (χ3n) is 5.42. The number of aromatic nitrogens is 2. The van der Waals surface area contributed by atoms with Crippen LogP contribution in [0.3, 0.4) is 0 Å². The number of piperidine rings is 1. The van der Waals surface area contributed by atoms with E-state index in [4.69, 9.17) is 23.2 Å². The highest BCUT2D eigenvalue weighted by atomic mass is 35.5. The summed E-state index contributed by atoms with van der Waals surface area (Å²) < 4.78 is 14.5. The number of hydrogen-bond acceptors (Lipinski definition) is 6. The van der Waals surface area contributed by atoms with Crippen molar-refractivity contribution in [2.75, 3.05) is 10.6 Å². The first-order valence-corrected chi connectivity index (χ1v) is 10.8. The number of carboxylic acid groups (broad SMARTS) is 1. The van der Waals surface area contributed by atoms with Gasteiger partial charge in [-0.1, -0.05) is 29.8 Å². The van der Waals surface area contributed by atoms with Crippen molar-refractivity contribution in [1.29, 1.82) is 0 Å². The Morgan fingerprint density at radius 2 is 1.75 bits per heavy atom. The first-order chi connectivity index (χ1) is 14.8. The lowest BCUT2D eigenvalue weighted by molar-refractivity contribution is -0.138. The van der Waals surface area contributed by atoms with E-state index in [2.05, 4.69) is 27.2 Å². The SMILES string of the molecule is C=C(C(=O)O)N1C(C)(C)CC(Nc2nc(Nc3cc(Cl)cc(Cl)c3)ncc2F)CC1(C)C. The van der Waals surface area contributed by atoms with Gasteiger partial charge < -0.3 is 20.6 Å². The number of aliphatic carboxylic acids is 1. The van der Waals surface area contributed by atoms with E-state index < -0.39 is 22.9 Å². The standard InChI is InChI=1S/C22H26Cl2FN5O2/c1-12(19(31)32)30-21(2,3)9-16(10-22(30,4)5)27-18-17(25)11-26-20(29-18)28-15-7-13(23)6-14(24)8-15/h6-8,11,16H,1,9-10H2,2-5H3,(H,31,32)(H2,26,27,28,29). The number of rotatable bonds is 6. The minimum absolute atomic E-state index is 0.0401. The van der Waals surface area contributed by atoms with Crippen molar-refractivity contribution in [2.45, 2.75) is 57.7 Å². The molecule has 0 unspecified atom stereocenters. The van der Waals surface area contributed by atoms with Gasteiger partial charge in [0, 0.05) is 32.9 Å². The van der Waals surface area contributed by atoms with E-state index in [1.807, 2.05) is 32.6 Å². The van der Waals surface area contributed by atoms with Crippen molar-refractivity contribution >= 4 is 46.6 Å². The second-order valence-electron chi connectivity index (χ2n) is 9.13. The Kier molecular flexibility index (Phi) is 6.58. The molecule has 1 aliphatic rings. The molecule has 0 radical (unpaired) electrons. The molecule has 0 saturated carbocycles. The summed E-state index contributed by atoms with van der Waals surface area (Å²) in [6.45, 7) is 11.5. The lowest BCUT2D eigenvalue weighted by Crippen LogP contribution is -2.62. The van der Waals surface area contributed by atoms with Crippen LogP contribution in [0.25, 0.3) is 0 Å². The monoisotopic (exact) mass is 481 g/mol. The Balaban J connectivity index is 1.82. The number of carboxylic acids is 1. The first kappa shape index (κ1) is 24.1. The average molecular weight is 482 g/mol. The maximum Gasteiger partial charge on any atom is 0.351 e. The van der Waals surface area contributed by atoms with Gasteiger partial charge in [-0.3, -0.25) is 0 Å². The molecule has 2 heterocycles. The van der Waals surface area contributed by atoms with Gasteiger partial charge in [0.05, 0.1) is 6.20 Å². The summed E-state index contributed by atoms with van der Waals surface area (Å²) in [5, 5.41) is 16.5. The number of anilines is 3. The zero-order valence-corrected chi connectivity index (χ0v) is 19.9. The van der Waals surface area contributed by atoms with Crippen molar-refractivity contribution in [2.24, 2.45) is 0 Å². The normalized spacial score (nSPS) is 17.7. The Bertz CT molecular complexity index is 1020. The Labute approximate surface area is 196 Å². The van der Waals surface area contributed by atoms with Gasteiger partial charge in [0.15, 0.2) is 11.6 Å². The van der Waals surface area contributed by atoms with E-state index in [1.54, 1.807) is 18.2 Å². The molecule has 172 valence electrons. The third kappa shape index (κ3) is 5.24. The first-order valence-electron chi connectivity index (χ1n) is 10.0. The van der Waals surface area contributed by atoms with Crippen molar-refractivity contribution in [3.8, 4) is 0 Å². The predicted molar refractivity (Wildman–Crippen MR) is 125 cm³/mol. The van der Waals surface area contributed by atoms with Crippen molar-refractivity contribution in [3.05, 3.63) is 52.5 Å². The molecule has 7 nitrogen and oxygen atoms in total. The van der Waals surface area contributed by atoms with Gasteiger partial charge in [0.2, 0.25) is 5.95 Å². The topological polar surface area (TPSA) is 90.4 Å². The van der Waals surface area contributed by atoms with Crippen LogP contribution in [0, 0.1) is 5.82 Å². The number of hydrogen-bond donors (Lipinski definition) is 3. The lowest BCUT2D eigenvalue weighted by atomic mass is 9.76. The molecule has 1 saturated heterocycles. The average Bonchev–Trinajstić information content (AvgIpc) is 2.61. The fraction of sp³-hybridized carbons (Fsp3) is 0.409. The Morgan fingerprint density at radius 1 is 1.19 bits per heavy atom. The van der Waals surface area contributed by atoms with Crippen LogP contribution in [0.5, 0.6) is 0 Å². The summed E-state index contributed by atoms with van der Waals surface area (Å²) >= 11 is 12.0. The van der Waals surface area contributed by atoms with Crippen molar-refractivity contribution in [3.63, 3.8) is 0 Å². The molecule has 0 amide bonds. The Morgan fingerprint density at radius 3 is 2.28 bits per heavy atom. The molecule has 1 aromatic carbocycles. The predicted octanol–water partition coefficient (Wildman–Crippen LogP) is 5.70. The van der Waals surface area contributed by atoms with Crippen LogP contribution < -0.4 is 10.6 Å². The lowest BCUT2D eigenvalue weighted by Gasteiger charge is -2.56. The number of carbonyl (C=O) groups is 1. The molecule has 1 aliphatic heterocycles. The molecule has 2 aromatic rings. The van der Waals surface area contributed by atoms with Gasteiger partial charge in [-0.2, -0.15) is 4.98 Å². The second kappa shape index (κ2) is 8.75. The van der Waals surface area contributed by atoms with Crippen LogP contribution >= 0.6 is 23.2 Å². The second-order valence-corrected chi connectivity index (χ2v) is 10.0. The minimum Gasteiger partial charge on any atom is -0.477 e. The van der Waals surface area contributed by atoms with Crippen molar-refractivity contribution < 1.29 is 14.3 Å². The molecular formula is C22H26Cl2FN5O2. The minimum atomic E-state index is -1.06. The quantitative estimate of drug-likeness (QED) is 0.455. The fourth-order valence-corrected chi connectivity index (χ4v) is 5.21. The molecule has 0 bridgehead atoms. The Hall–Kier alpha value is -2.58. The van der Waals surface area contributed by atoms with Gasteiger partial charge in [0.25, 0.3) is 0 Å². The van der Waals surface area contributed by atoms with Crippen LogP contribution in [0.2, 0.25) is 10.0 Å². The van der Waals surface area contributed by atoms with Crippen LogP contribution in [0.4, 0.5) is 21.8 Å². The zero-order valence-electron chi connectivity index (χ0n) is 18.3. The maximum absolute atomic E-state index is 14.5. The van der Waals surface area contributed by atoms with E-state index in [0.717, 1.165) is 6.20 Å². The number of halogens is 3. The molecule has 0 aliphatic carbocycles. The van der Waals surface area contributed by atoms with E-state index in [0.29, 0.717) is 28.6 Å². The highest BCUT2D eigenvalue weighted by molar-refractivity contribution is 6.35. The summed E-state index contributed by atoms with van der Waals surface area (Å²) in [7, 11) is 0. The van der Waals surface area contributed by atoms with E-state index in [1.165, 1.54) is 0 Å². The van der Waals surface area contributed by atoms with E-state index in [-0.39, 0.29) is 23.5 Å².